The molecular formula is C16H16N2O4S. The number of benzene rings is 1. The Balaban J connectivity index is 1.93. The Labute approximate surface area is 134 Å². The topological polar surface area (TPSA) is 87.6 Å². The first-order valence-corrected chi connectivity index (χ1v) is 8.56. The van der Waals surface area contributed by atoms with Crippen molar-refractivity contribution in [2.45, 2.75) is 23.8 Å². The molecule has 1 N–H and O–H groups in total. The zero-order valence-electron chi connectivity index (χ0n) is 12.5. The van der Waals surface area contributed by atoms with E-state index < -0.39 is 22.0 Å². The summed E-state index contributed by atoms with van der Waals surface area (Å²) in [4.78, 5) is 15.5. The van der Waals surface area contributed by atoms with Crippen molar-refractivity contribution in [1.29, 1.82) is 0 Å². The summed E-state index contributed by atoms with van der Waals surface area (Å²) < 4.78 is 26.4. The highest BCUT2D eigenvalue weighted by Crippen LogP contribution is 2.38. The minimum absolute atomic E-state index is 0.0234. The molecular weight excluding hydrogens is 316 g/mol. The molecule has 1 aromatic heterocycles. The predicted molar refractivity (Wildman–Crippen MR) is 83.5 cm³/mol. The fourth-order valence-corrected chi connectivity index (χ4v) is 4.50. The molecule has 2 aromatic rings. The number of rotatable bonds is 4. The smallest absolute Gasteiger partial charge is 0.322 e. The number of sulfonamides is 1. The molecule has 0 unspecified atom stereocenters. The zero-order chi connectivity index (χ0) is 16.6. The molecule has 1 aromatic carbocycles. The number of nitrogens with zero attached hydrogens (tertiary/aromatic N) is 2. The van der Waals surface area contributed by atoms with Crippen molar-refractivity contribution in [1.82, 2.24) is 9.29 Å². The van der Waals surface area contributed by atoms with Gasteiger partial charge in [0.05, 0.1) is 0 Å². The molecule has 0 amide bonds. The van der Waals surface area contributed by atoms with Gasteiger partial charge in [-0.05, 0) is 24.1 Å². The third kappa shape index (κ3) is 2.73. The van der Waals surface area contributed by atoms with Crippen molar-refractivity contribution in [3.8, 4) is 0 Å². The van der Waals surface area contributed by atoms with E-state index in [1.807, 2.05) is 30.3 Å². The second-order valence-corrected chi connectivity index (χ2v) is 7.46. The lowest BCUT2D eigenvalue weighted by atomic mass is 9.85. The number of aliphatic carboxylic acids is 1. The van der Waals surface area contributed by atoms with Gasteiger partial charge in [-0.2, -0.15) is 4.31 Å². The summed E-state index contributed by atoms with van der Waals surface area (Å²) in [5.41, 5.74) is 1.53. The molecule has 120 valence electrons. The van der Waals surface area contributed by atoms with Gasteiger partial charge in [0, 0.05) is 24.9 Å². The monoisotopic (exact) mass is 332 g/mol. The molecule has 1 aliphatic heterocycles. The van der Waals surface area contributed by atoms with Crippen LogP contribution in [-0.4, -0.2) is 41.4 Å². The van der Waals surface area contributed by atoms with Crippen LogP contribution in [0.4, 0.5) is 0 Å². The van der Waals surface area contributed by atoms with E-state index in [-0.39, 0.29) is 17.4 Å². The van der Waals surface area contributed by atoms with E-state index in [0.29, 0.717) is 5.56 Å². The van der Waals surface area contributed by atoms with Crippen LogP contribution in [0.25, 0.3) is 0 Å². The van der Waals surface area contributed by atoms with E-state index in [1.165, 1.54) is 12.3 Å². The predicted octanol–water partition coefficient (Wildman–Crippen LogP) is 1.63. The van der Waals surface area contributed by atoms with E-state index in [0.717, 1.165) is 9.87 Å². The number of pyridine rings is 1. The molecule has 0 spiro atoms. The van der Waals surface area contributed by atoms with Gasteiger partial charge in [0.2, 0.25) is 10.0 Å². The fraction of sp³-hybridized carbons (Fsp3) is 0.250. The molecule has 2 heterocycles. The fourth-order valence-electron chi connectivity index (χ4n) is 2.80. The SMILES string of the molecule is Cc1cncc(S(=O)(=O)N2C[C@H](c3ccccc3)[C@H]2C(=O)O)c1. The minimum atomic E-state index is -3.87. The maximum atomic E-state index is 12.7. The molecule has 1 aliphatic rings. The van der Waals surface area contributed by atoms with E-state index >= 15 is 0 Å². The highest BCUT2D eigenvalue weighted by Gasteiger charge is 2.51. The Morgan fingerprint density at radius 2 is 1.96 bits per heavy atom. The molecule has 3 rings (SSSR count). The molecule has 0 radical (unpaired) electrons. The summed E-state index contributed by atoms with van der Waals surface area (Å²) in [6.45, 7) is 1.89. The van der Waals surface area contributed by atoms with Gasteiger partial charge in [-0.15, -0.1) is 0 Å². The van der Waals surface area contributed by atoms with Crippen LogP contribution in [0.15, 0.2) is 53.7 Å². The van der Waals surface area contributed by atoms with Crippen LogP contribution in [-0.2, 0) is 14.8 Å². The van der Waals surface area contributed by atoms with Crippen molar-refractivity contribution >= 4 is 16.0 Å². The van der Waals surface area contributed by atoms with Crippen molar-refractivity contribution in [3.63, 3.8) is 0 Å². The Hall–Kier alpha value is -2.25. The molecule has 7 heteroatoms. The average Bonchev–Trinajstić information content (AvgIpc) is 2.46. The number of hydrogen-bond acceptors (Lipinski definition) is 4. The van der Waals surface area contributed by atoms with Crippen LogP contribution in [0.1, 0.15) is 17.0 Å². The largest absolute Gasteiger partial charge is 0.480 e. The normalized spacial score (nSPS) is 21.6. The van der Waals surface area contributed by atoms with Gasteiger partial charge >= 0.3 is 5.97 Å². The second-order valence-electron chi connectivity index (χ2n) is 5.57. The molecule has 0 saturated carbocycles. The number of aromatic nitrogens is 1. The van der Waals surface area contributed by atoms with Crippen LogP contribution in [0.2, 0.25) is 0 Å². The number of carbonyl (C=O) groups is 1. The Kier molecular flexibility index (Phi) is 3.91. The van der Waals surface area contributed by atoms with Gasteiger partial charge in [0.15, 0.2) is 0 Å². The lowest BCUT2D eigenvalue weighted by Gasteiger charge is -2.44. The van der Waals surface area contributed by atoms with Crippen LogP contribution >= 0.6 is 0 Å². The molecule has 1 fully saturated rings. The van der Waals surface area contributed by atoms with Crippen LogP contribution < -0.4 is 0 Å². The summed E-state index contributed by atoms with van der Waals surface area (Å²) in [7, 11) is -3.87. The van der Waals surface area contributed by atoms with Gasteiger partial charge in [0.1, 0.15) is 10.9 Å². The molecule has 2 atom stereocenters. The van der Waals surface area contributed by atoms with Crippen LogP contribution in [0.5, 0.6) is 0 Å². The van der Waals surface area contributed by atoms with Gasteiger partial charge in [0.25, 0.3) is 0 Å². The summed E-state index contributed by atoms with van der Waals surface area (Å²) in [5, 5.41) is 9.48. The highest BCUT2D eigenvalue weighted by atomic mass is 32.2. The molecule has 6 nitrogen and oxygen atoms in total. The Bertz CT molecular complexity index is 836. The minimum Gasteiger partial charge on any atom is -0.480 e. The van der Waals surface area contributed by atoms with E-state index in [4.69, 9.17) is 0 Å². The summed E-state index contributed by atoms with van der Waals surface area (Å²) in [6.07, 6.45) is 2.80. The van der Waals surface area contributed by atoms with Crippen molar-refractivity contribution in [2.75, 3.05) is 6.54 Å². The number of hydrogen-bond donors (Lipinski definition) is 1. The van der Waals surface area contributed by atoms with Gasteiger partial charge < -0.3 is 5.11 Å². The van der Waals surface area contributed by atoms with Crippen LogP contribution in [0.3, 0.4) is 0 Å². The first-order valence-electron chi connectivity index (χ1n) is 7.12. The maximum absolute atomic E-state index is 12.7. The lowest BCUT2D eigenvalue weighted by molar-refractivity contribution is -0.146. The average molecular weight is 332 g/mol. The van der Waals surface area contributed by atoms with Gasteiger partial charge in [-0.3, -0.25) is 9.78 Å². The van der Waals surface area contributed by atoms with Crippen LogP contribution in [0, 0.1) is 6.92 Å². The molecule has 23 heavy (non-hydrogen) atoms. The summed E-state index contributed by atoms with van der Waals surface area (Å²) in [5.74, 6) is -1.49. The van der Waals surface area contributed by atoms with E-state index in [1.54, 1.807) is 13.1 Å². The lowest BCUT2D eigenvalue weighted by Crippen LogP contribution is -2.60. The van der Waals surface area contributed by atoms with Gasteiger partial charge in [-0.1, -0.05) is 30.3 Å². The molecule has 0 aliphatic carbocycles. The third-order valence-corrected chi connectivity index (χ3v) is 5.82. The quantitative estimate of drug-likeness (QED) is 0.919. The number of carboxylic acid groups (broad SMARTS) is 1. The van der Waals surface area contributed by atoms with Crippen molar-refractivity contribution in [3.05, 3.63) is 59.9 Å². The highest BCUT2D eigenvalue weighted by molar-refractivity contribution is 7.89. The third-order valence-electron chi connectivity index (χ3n) is 4.01. The first kappa shape index (κ1) is 15.6. The van der Waals surface area contributed by atoms with E-state index in [2.05, 4.69) is 4.98 Å². The second kappa shape index (κ2) is 5.75. The number of carboxylic acids is 1. The first-order chi connectivity index (χ1) is 10.9. The maximum Gasteiger partial charge on any atom is 0.322 e. The summed E-state index contributed by atoms with van der Waals surface area (Å²) in [6, 6.07) is 9.51. The zero-order valence-corrected chi connectivity index (χ0v) is 13.3. The Morgan fingerprint density at radius 1 is 1.26 bits per heavy atom. The molecule has 0 bridgehead atoms. The van der Waals surface area contributed by atoms with Crippen molar-refractivity contribution in [2.24, 2.45) is 0 Å². The Morgan fingerprint density at radius 3 is 2.57 bits per heavy atom. The van der Waals surface area contributed by atoms with E-state index in [9.17, 15) is 18.3 Å². The standard InChI is InChI=1S/C16H16N2O4S/c1-11-7-13(9-17-8-11)23(21,22)18-10-14(15(18)16(19)20)12-5-3-2-4-6-12/h2-9,14-15H,10H2,1H3,(H,19,20)/t14-,15+/m1/s1. The summed E-state index contributed by atoms with van der Waals surface area (Å²) >= 11 is 0. The number of aryl methyl sites for hydroxylation is 1. The van der Waals surface area contributed by atoms with Gasteiger partial charge in [-0.25, -0.2) is 8.42 Å². The molecule has 1 saturated heterocycles. The van der Waals surface area contributed by atoms with Crippen molar-refractivity contribution < 1.29 is 18.3 Å².